The highest BCUT2D eigenvalue weighted by Gasteiger charge is 2.12. The van der Waals surface area contributed by atoms with E-state index >= 15 is 0 Å². The molecule has 0 bridgehead atoms. The summed E-state index contributed by atoms with van der Waals surface area (Å²) in [6.45, 7) is 2.36. The summed E-state index contributed by atoms with van der Waals surface area (Å²) in [5.41, 5.74) is 6.74. The van der Waals surface area contributed by atoms with E-state index in [1.54, 1.807) is 0 Å². The monoisotopic (exact) mass is 303 g/mol. The van der Waals surface area contributed by atoms with Crippen LogP contribution >= 0.6 is 11.3 Å². The van der Waals surface area contributed by atoms with E-state index in [4.69, 9.17) is 5.73 Å². The van der Waals surface area contributed by atoms with Gasteiger partial charge in [0, 0.05) is 10.9 Å². The van der Waals surface area contributed by atoms with Crippen molar-refractivity contribution in [1.29, 1.82) is 0 Å². The zero-order valence-corrected chi connectivity index (χ0v) is 12.3. The van der Waals surface area contributed by atoms with Crippen LogP contribution in [-0.2, 0) is 6.54 Å². The lowest BCUT2D eigenvalue weighted by Gasteiger charge is -2.06. The second-order valence-corrected chi connectivity index (χ2v) is 5.30. The Hall–Kier alpha value is -2.23. The molecule has 0 atom stereocenters. The van der Waals surface area contributed by atoms with Gasteiger partial charge in [0.1, 0.15) is 5.82 Å². The molecular formula is C15H14FN3OS. The molecule has 6 heteroatoms. The largest absolute Gasteiger partial charge is 0.346 e. The Bertz CT molecular complexity index is 715. The molecule has 21 heavy (non-hydrogen) atoms. The molecule has 0 radical (unpaired) electrons. The number of nitrogens with one attached hydrogen (secondary N) is 1. The van der Waals surface area contributed by atoms with Crippen molar-refractivity contribution in [2.45, 2.75) is 13.5 Å². The molecule has 2 rings (SSSR count). The first-order chi connectivity index (χ1) is 10.1. The number of thiazole rings is 1. The van der Waals surface area contributed by atoms with Crippen LogP contribution < -0.4 is 11.1 Å². The number of benzene rings is 1. The van der Waals surface area contributed by atoms with E-state index in [9.17, 15) is 9.18 Å². The molecule has 3 N–H and O–H groups in total. The average Bonchev–Trinajstić information content (AvgIpc) is 2.89. The molecular weight excluding hydrogens is 289 g/mol. The fraction of sp³-hybridized carbons (Fsp3) is 0.200. The molecule has 108 valence electrons. The number of amides is 1. The normalized spacial score (nSPS) is 9.86. The van der Waals surface area contributed by atoms with Gasteiger partial charge in [-0.05, 0) is 25.1 Å². The van der Waals surface area contributed by atoms with Gasteiger partial charge in [-0.3, -0.25) is 4.79 Å². The van der Waals surface area contributed by atoms with Gasteiger partial charge < -0.3 is 11.1 Å². The van der Waals surface area contributed by atoms with E-state index in [0.717, 1.165) is 10.7 Å². The molecule has 0 saturated carbocycles. The third-order valence-corrected chi connectivity index (χ3v) is 3.47. The van der Waals surface area contributed by atoms with Gasteiger partial charge in [-0.15, -0.1) is 11.3 Å². The number of halogens is 1. The predicted octanol–water partition coefficient (Wildman–Crippen LogP) is 1.83. The van der Waals surface area contributed by atoms with Gasteiger partial charge in [0.25, 0.3) is 5.91 Å². The van der Waals surface area contributed by atoms with Gasteiger partial charge in [-0.25, -0.2) is 9.37 Å². The maximum absolute atomic E-state index is 13.3. The van der Waals surface area contributed by atoms with Crippen LogP contribution in [0, 0.1) is 24.6 Å². The molecule has 1 aromatic heterocycles. The number of rotatable bonds is 3. The van der Waals surface area contributed by atoms with Crippen molar-refractivity contribution in [3.8, 4) is 11.8 Å². The zero-order chi connectivity index (χ0) is 15.2. The molecule has 1 amide bonds. The third-order valence-electron chi connectivity index (χ3n) is 2.65. The fourth-order valence-corrected chi connectivity index (χ4v) is 2.33. The first-order valence-electron chi connectivity index (χ1n) is 6.28. The summed E-state index contributed by atoms with van der Waals surface area (Å²) in [5.74, 6) is 4.56. The van der Waals surface area contributed by atoms with E-state index in [0.29, 0.717) is 12.1 Å². The topological polar surface area (TPSA) is 68.0 Å². The van der Waals surface area contributed by atoms with E-state index < -0.39 is 5.82 Å². The molecule has 0 unspecified atom stereocenters. The van der Waals surface area contributed by atoms with E-state index in [-0.39, 0.29) is 18.0 Å². The maximum atomic E-state index is 13.3. The van der Waals surface area contributed by atoms with Crippen molar-refractivity contribution in [2.75, 3.05) is 6.54 Å². The van der Waals surface area contributed by atoms with Gasteiger partial charge in [-0.2, -0.15) is 0 Å². The van der Waals surface area contributed by atoms with Crippen LogP contribution in [0.1, 0.15) is 26.6 Å². The van der Waals surface area contributed by atoms with Crippen LogP contribution in [0.25, 0.3) is 0 Å². The Balaban J connectivity index is 2.15. The van der Waals surface area contributed by atoms with Crippen molar-refractivity contribution in [2.24, 2.45) is 5.73 Å². The molecule has 1 aromatic carbocycles. The van der Waals surface area contributed by atoms with Crippen molar-refractivity contribution >= 4 is 17.2 Å². The molecule has 0 saturated heterocycles. The first-order valence-corrected chi connectivity index (χ1v) is 7.16. The molecule has 0 aliphatic rings. The highest BCUT2D eigenvalue weighted by molar-refractivity contribution is 7.09. The lowest BCUT2D eigenvalue weighted by molar-refractivity contribution is 0.0950. The van der Waals surface area contributed by atoms with E-state index in [2.05, 4.69) is 22.1 Å². The van der Waals surface area contributed by atoms with Crippen LogP contribution in [0.2, 0.25) is 0 Å². The number of hydrogen-bond donors (Lipinski definition) is 2. The Kier molecular flexibility index (Phi) is 5.04. The second kappa shape index (κ2) is 6.97. The first kappa shape index (κ1) is 15.2. The van der Waals surface area contributed by atoms with Crippen LogP contribution in [0.3, 0.4) is 0 Å². The van der Waals surface area contributed by atoms with Crippen molar-refractivity contribution in [3.05, 3.63) is 51.2 Å². The fourth-order valence-electron chi connectivity index (χ4n) is 1.72. The highest BCUT2D eigenvalue weighted by atomic mass is 32.1. The summed E-state index contributed by atoms with van der Waals surface area (Å²) in [7, 11) is 0. The van der Waals surface area contributed by atoms with E-state index in [1.165, 1.54) is 29.5 Å². The summed E-state index contributed by atoms with van der Waals surface area (Å²) >= 11 is 1.51. The molecule has 0 fully saturated rings. The SMILES string of the molecule is Cc1nc(CNC(=O)c2cc(F)ccc2C#CCN)cs1. The lowest BCUT2D eigenvalue weighted by atomic mass is 10.1. The van der Waals surface area contributed by atoms with Crippen molar-refractivity contribution in [3.63, 3.8) is 0 Å². The summed E-state index contributed by atoms with van der Waals surface area (Å²) in [6, 6.07) is 3.91. The van der Waals surface area contributed by atoms with Crippen LogP contribution in [0.5, 0.6) is 0 Å². The van der Waals surface area contributed by atoms with Gasteiger partial charge in [0.05, 0.1) is 29.4 Å². The highest BCUT2D eigenvalue weighted by Crippen LogP contribution is 2.12. The summed E-state index contributed by atoms with van der Waals surface area (Å²) in [6.07, 6.45) is 0. The number of hydrogen-bond acceptors (Lipinski definition) is 4. The minimum atomic E-state index is -0.483. The Morgan fingerprint density at radius 3 is 3.00 bits per heavy atom. The molecule has 0 aliphatic heterocycles. The summed E-state index contributed by atoms with van der Waals surface area (Å²) in [4.78, 5) is 16.4. The standard InChI is InChI=1S/C15H14FN3OS/c1-10-19-13(9-21-10)8-18-15(20)14-7-12(16)5-4-11(14)3-2-6-17/h4-5,7,9H,6,8,17H2,1H3,(H,18,20). The summed E-state index contributed by atoms with van der Waals surface area (Å²) in [5, 5.41) is 5.51. The summed E-state index contributed by atoms with van der Waals surface area (Å²) < 4.78 is 13.3. The number of aryl methyl sites for hydroxylation is 1. The maximum Gasteiger partial charge on any atom is 0.252 e. The molecule has 0 spiro atoms. The number of aromatic nitrogens is 1. The van der Waals surface area contributed by atoms with Gasteiger partial charge >= 0.3 is 0 Å². The van der Waals surface area contributed by atoms with Crippen LogP contribution in [-0.4, -0.2) is 17.4 Å². The smallest absolute Gasteiger partial charge is 0.252 e. The number of carbonyl (C=O) groups is 1. The van der Waals surface area contributed by atoms with Gasteiger partial charge in [-0.1, -0.05) is 11.8 Å². The van der Waals surface area contributed by atoms with Crippen molar-refractivity contribution in [1.82, 2.24) is 10.3 Å². The van der Waals surface area contributed by atoms with Crippen LogP contribution in [0.15, 0.2) is 23.6 Å². The minimum Gasteiger partial charge on any atom is -0.346 e. The quantitative estimate of drug-likeness (QED) is 0.850. The number of nitrogens with zero attached hydrogens (tertiary/aromatic N) is 1. The van der Waals surface area contributed by atoms with Crippen molar-refractivity contribution < 1.29 is 9.18 Å². The molecule has 2 aromatic rings. The lowest BCUT2D eigenvalue weighted by Crippen LogP contribution is -2.24. The Labute approximate surface area is 126 Å². The minimum absolute atomic E-state index is 0.177. The number of nitrogens with two attached hydrogens (primary N) is 1. The Morgan fingerprint density at radius 1 is 1.52 bits per heavy atom. The van der Waals surface area contributed by atoms with Crippen LogP contribution in [0.4, 0.5) is 4.39 Å². The average molecular weight is 303 g/mol. The molecule has 1 heterocycles. The number of carbonyl (C=O) groups excluding carboxylic acids is 1. The molecule has 4 nitrogen and oxygen atoms in total. The second-order valence-electron chi connectivity index (χ2n) is 4.24. The van der Waals surface area contributed by atoms with Gasteiger partial charge in [0.15, 0.2) is 0 Å². The third kappa shape index (κ3) is 4.12. The van der Waals surface area contributed by atoms with E-state index in [1.807, 2.05) is 12.3 Å². The van der Waals surface area contributed by atoms with Gasteiger partial charge in [0.2, 0.25) is 0 Å². The zero-order valence-electron chi connectivity index (χ0n) is 11.4. The Morgan fingerprint density at radius 2 is 2.33 bits per heavy atom. The predicted molar refractivity (Wildman–Crippen MR) is 80.4 cm³/mol. The molecule has 0 aliphatic carbocycles.